The van der Waals surface area contributed by atoms with E-state index in [0.29, 0.717) is 11.4 Å². The molecule has 7 nitrogen and oxygen atoms in total. The van der Waals surface area contributed by atoms with E-state index in [2.05, 4.69) is 4.72 Å². The zero-order valence-corrected chi connectivity index (χ0v) is 12.9. The van der Waals surface area contributed by atoms with E-state index in [1.165, 1.54) is 0 Å². The first-order chi connectivity index (χ1) is 9.78. The van der Waals surface area contributed by atoms with E-state index in [0.717, 1.165) is 0 Å². The van der Waals surface area contributed by atoms with Crippen LogP contribution in [-0.4, -0.2) is 39.3 Å². The molecule has 118 valence electrons. The standard InChI is InChI=1S/C13H21N3O4S/c1-10(2)19-7-8-21(17,18)16-11-3-5-12(6-4-11)20-9-13(14)15/h3-6,10,16H,7-9H2,1-2H3,(H3,14,15). The van der Waals surface area contributed by atoms with Gasteiger partial charge in [0, 0.05) is 5.69 Å². The number of amidine groups is 1. The van der Waals surface area contributed by atoms with Crippen LogP contribution in [0.25, 0.3) is 0 Å². The van der Waals surface area contributed by atoms with Gasteiger partial charge in [0.2, 0.25) is 10.0 Å². The van der Waals surface area contributed by atoms with Gasteiger partial charge < -0.3 is 15.2 Å². The number of nitrogens with one attached hydrogen (secondary N) is 2. The zero-order valence-electron chi connectivity index (χ0n) is 12.1. The van der Waals surface area contributed by atoms with Crippen LogP contribution in [0.2, 0.25) is 0 Å². The highest BCUT2D eigenvalue weighted by atomic mass is 32.2. The summed E-state index contributed by atoms with van der Waals surface area (Å²) >= 11 is 0. The summed E-state index contributed by atoms with van der Waals surface area (Å²) in [5.74, 6) is 0.328. The minimum absolute atomic E-state index is 0.00194. The normalized spacial score (nSPS) is 11.4. The van der Waals surface area contributed by atoms with Crippen molar-refractivity contribution < 1.29 is 17.9 Å². The van der Waals surface area contributed by atoms with E-state index in [9.17, 15) is 8.42 Å². The van der Waals surface area contributed by atoms with E-state index < -0.39 is 10.0 Å². The number of anilines is 1. The molecule has 0 saturated heterocycles. The van der Waals surface area contributed by atoms with E-state index in [1.807, 2.05) is 13.8 Å². The molecule has 0 aliphatic heterocycles. The van der Waals surface area contributed by atoms with Crippen molar-refractivity contribution >= 4 is 21.5 Å². The number of hydrogen-bond donors (Lipinski definition) is 3. The quantitative estimate of drug-likeness (QED) is 0.467. The van der Waals surface area contributed by atoms with Crippen molar-refractivity contribution in [2.45, 2.75) is 20.0 Å². The van der Waals surface area contributed by atoms with Crippen molar-refractivity contribution in [2.75, 3.05) is 23.7 Å². The third kappa shape index (κ3) is 7.52. The van der Waals surface area contributed by atoms with Gasteiger partial charge in [-0.15, -0.1) is 0 Å². The van der Waals surface area contributed by atoms with Crippen LogP contribution in [-0.2, 0) is 14.8 Å². The van der Waals surface area contributed by atoms with E-state index in [-0.39, 0.29) is 30.9 Å². The maximum Gasteiger partial charge on any atom is 0.234 e. The summed E-state index contributed by atoms with van der Waals surface area (Å²) in [4.78, 5) is 0. The van der Waals surface area contributed by atoms with Gasteiger partial charge in [-0.05, 0) is 38.1 Å². The molecule has 0 aliphatic carbocycles. The first-order valence-corrected chi connectivity index (χ1v) is 8.11. The van der Waals surface area contributed by atoms with Crippen LogP contribution in [0.3, 0.4) is 0 Å². The Hall–Kier alpha value is -1.80. The maximum atomic E-state index is 11.8. The Bertz CT molecular complexity index is 555. The molecule has 8 heteroatoms. The van der Waals surface area contributed by atoms with Gasteiger partial charge in [-0.2, -0.15) is 0 Å². The first-order valence-electron chi connectivity index (χ1n) is 6.46. The van der Waals surface area contributed by atoms with E-state index >= 15 is 0 Å². The molecule has 4 N–H and O–H groups in total. The lowest BCUT2D eigenvalue weighted by Crippen LogP contribution is -2.21. The molecule has 0 aliphatic rings. The fourth-order valence-electron chi connectivity index (χ4n) is 1.40. The number of rotatable bonds is 9. The lowest BCUT2D eigenvalue weighted by atomic mass is 10.3. The van der Waals surface area contributed by atoms with Gasteiger partial charge in [0.25, 0.3) is 0 Å². The Kier molecular flexibility index (Phi) is 6.44. The van der Waals surface area contributed by atoms with Gasteiger partial charge in [0.1, 0.15) is 18.2 Å². The number of benzene rings is 1. The molecular weight excluding hydrogens is 294 g/mol. The van der Waals surface area contributed by atoms with E-state index in [1.54, 1.807) is 24.3 Å². The predicted molar refractivity (Wildman–Crippen MR) is 82.3 cm³/mol. The summed E-state index contributed by atoms with van der Waals surface area (Å²) < 4.78 is 36.5. The summed E-state index contributed by atoms with van der Waals surface area (Å²) in [6.07, 6.45) is -0.00194. The highest BCUT2D eigenvalue weighted by Crippen LogP contribution is 2.16. The lowest BCUT2D eigenvalue weighted by molar-refractivity contribution is 0.0913. The Morgan fingerprint density at radius 1 is 1.33 bits per heavy atom. The molecular formula is C13H21N3O4S. The molecule has 0 atom stereocenters. The van der Waals surface area contributed by atoms with Crippen LogP contribution in [0.15, 0.2) is 24.3 Å². The topological polar surface area (TPSA) is 115 Å². The van der Waals surface area contributed by atoms with Gasteiger partial charge >= 0.3 is 0 Å². The van der Waals surface area contributed by atoms with Crippen LogP contribution in [0, 0.1) is 5.41 Å². The molecule has 0 fully saturated rings. The molecule has 0 spiro atoms. The average molecular weight is 315 g/mol. The smallest absolute Gasteiger partial charge is 0.234 e. The summed E-state index contributed by atoms with van der Waals surface area (Å²) in [7, 11) is -3.44. The SMILES string of the molecule is CC(C)OCCS(=O)(=O)Nc1ccc(OCC(=N)N)cc1. The number of ether oxygens (including phenoxy) is 2. The minimum atomic E-state index is -3.44. The van der Waals surface area contributed by atoms with Crippen molar-refractivity contribution in [3.05, 3.63) is 24.3 Å². The van der Waals surface area contributed by atoms with Gasteiger partial charge in [0.05, 0.1) is 18.5 Å². The van der Waals surface area contributed by atoms with Gasteiger partial charge in [-0.1, -0.05) is 0 Å². The monoisotopic (exact) mass is 315 g/mol. The highest BCUT2D eigenvalue weighted by Gasteiger charge is 2.11. The second-order valence-electron chi connectivity index (χ2n) is 4.68. The molecule has 0 heterocycles. The molecule has 1 aromatic carbocycles. The Morgan fingerprint density at radius 2 is 1.95 bits per heavy atom. The molecule has 0 unspecified atom stereocenters. The van der Waals surface area contributed by atoms with Crippen LogP contribution >= 0.6 is 0 Å². The molecule has 0 bridgehead atoms. The van der Waals surface area contributed by atoms with E-state index in [4.69, 9.17) is 20.6 Å². The Morgan fingerprint density at radius 3 is 2.48 bits per heavy atom. The largest absolute Gasteiger partial charge is 0.486 e. The minimum Gasteiger partial charge on any atom is -0.486 e. The highest BCUT2D eigenvalue weighted by molar-refractivity contribution is 7.92. The fraction of sp³-hybridized carbons (Fsp3) is 0.462. The van der Waals surface area contributed by atoms with Crippen molar-refractivity contribution in [1.29, 1.82) is 5.41 Å². The third-order valence-corrected chi connectivity index (χ3v) is 3.58. The molecule has 0 amide bonds. The first kappa shape index (κ1) is 17.3. The molecule has 1 aromatic rings. The number of sulfonamides is 1. The van der Waals surface area contributed by atoms with Crippen LogP contribution in [0.1, 0.15) is 13.8 Å². The average Bonchev–Trinajstić information content (AvgIpc) is 2.36. The fourth-order valence-corrected chi connectivity index (χ4v) is 2.32. The van der Waals surface area contributed by atoms with Crippen molar-refractivity contribution in [2.24, 2.45) is 5.73 Å². The van der Waals surface area contributed by atoms with Crippen LogP contribution in [0.5, 0.6) is 5.75 Å². The molecule has 21 heavy (non-hydrogen) atoms. The number of hydrogen-bond acceptors (Lipinski definition) is 5. The van der Waals surface area contributed by atoms with Gasteiger partial charge in [-0.3, -0.25) is 10.1 Å². The molecule has 0 saturated carbocycles. The Labute approximate surface area is 125 Å². The summed E-state index contributed by atoms with van der Waals surface area (Å²) in [6.45, 7) is 3.84. The molecule has 1 rings (SSSR count). The maximum absolute atomic E-state index is 11.8. The Balaban J connectivity index is 2.52. The van der Waals surface area contributed by atoms with Crippen molar-refractivity contribution in [3.63, 3.8) is 0 Å². The molecule has 0 aromatic heterocycles. The zero-order chi connectivity index (χ0) is 15.9. The predicted octanol–water partition coefficient (Wildman–Crippen LogP) is 1.17. The molecule has 0 radical (unpaired) electrons. The van der Waals surface area contributed by atoms with Crippen molar-refractivity contribution in [3.8, 4) is 5.75 Å². The number of nitrogens with two attached hydrogens (primary N) is 1. The van der Waals surface area contributed by atoms with Gasteiger partial charge in [-0.25, -0.2) is 8.42 Å². The van der Waals surface area contributed by atoms with Crippen molar-refractivity contribution in [1.82, 2.24) is 0 Å². The summed E-state index contributed by atoms with van der Waals surface area (Å²) in [6, 6.07) is 6.36. The third-order valence-electron chi connectivity index (χ3n) is 2.33. The summed E-state index contributed by atoms with van der Waals surface area (Å²) in [5.41, 5.74) is 5.62. The second-order valence-corrected chi connectivity index (χ2v) is 6.52. The van der Waals surface area contributed by atoms with Crippen LogP contribution < -0.4 is 15.2 Å². The summed E-state index contributed by atoms with van der Waals surface area (Å²) in [5, 5.41) is 7.05. The lowest BCUT2D eigenvalue weighted by Gasteiger charge is -2.11. The second kappa shape index (κ2) is 7.84. The van der Waals surface area contributed by atoms with Gasteiger partial charge in [0.15, 0.2) is 0 Å². The van der Waals surface area contributed by atoms with Crippen LogP contribution in [0.4, 0.5) is 5.69 Å².